The molecule has 29 heavy (non-hydrogen) atoms. The Morgan fingerprint density at radius 1 is 0.586 bits per heavy atom. The van der Waals surface area contributed by atoms with E-state index in [4.69, 9.17) is 5.73 Å². The molecule has 0 unspecified atom stereocenters. The zero-order valence-corrected chi connectivity index (χ0v) is 16.8. The zero-order chi connectivity index (χ0) is 20.0. The standard InChI is InChI=1S/C27H24N2/c1-27(2)25-17-19(28)13-15-23(25)24-16-14-22(18-26(24)27)29(20-9-5-3-6-10-20)21-11-7-4-8-12-21/h3-18H,28H2,1-2H3. The first-order valence-corrected chi connectivity index (χ1v) is 10.0. The maximum atomic E-state index is 6.11. The van der Waals surface area contributed by atoms with Gasteiger partial charge in [-0.25, -0.2) is 0 Å². The summed E-state index contributed by atoms with van der Waals surface area (Å²) >= 11 is 0. The van der Waals surface area contributed by atoms with Crippen LogP contribution < -0.4 is 10.6 Å². The summed E-state index contributed by atoms with van der Waals surface area (Å²) in [6.07, 6.45) is 0. The summed E-state index contributed by atoms with van der Waals surface area (Å²) in [6, 6.07) is 34.2. The predicted octanol–water partition coefficient (Wildman–Crippen LogP) is 7.04. The molecule has 0 bridgehead atoms. The van der Waals surface area contributed by atoms with E-state index in [2.05, 4.69) is 110 Å². The van der Waals surface area contributed by atoms with Crippen molar-refractivity contribution < 1.29 is 0 Å². The Balaban J connectivity index is 1.69. The van der Waals surface area contributed by atoms with Crippen molar-refractivity contribution in [1.29, 1.82) is 0 Å². The number of fused-ring (bicyclic) bond motifs is 3. The van der Waals surface area contributed by atoms with Crippen molar-refractivity contribution in [3.8, 4) is 11.1 Å². The third-order valence-electron chi connectivity index (χ3n) is 5.97. The van der Waals surface area contributed by atoms with Gasteiger partial charge in [-0.15, -0.1) is 0 Å². The highest BCUT2D eigenvalue weighted by atomic mass is 15.1. The van der Waals surface area contributed by atoms with Gasteiger partial charge in [-0.05, 0) is 70.8 Å². The molecule has 1 aliphatic carbocycles. The number of para-hydroxylation sites is 2. The predicted molar refractivity (Wildman–Crippen MR) is 123 cm³/mol. The van der Waals surface area contributed by atoms with Crippen molar-refractivity contribution in [2.45, 2.75) is 19.3 Å². The molecule has 4 aromatic rings. The summed E-state index contributed by atoms with van der Waals surface area (Å²) in [6.45, 7) is 4.58. The maximum Gasteiger partial charge on any atom is 0.0465 e. The molecule has 0 spiro atoms. The number of nitrogens with two attached hydrogens (primary N) is 1. The van der Waals surface area contributed by atoms with Gasteiger partial charge in [0.05, 0.1) is 0 Å². The molecular formula is C27H24N2. The average molecular weight is 377 g/mol. The van der Waals surface area contributed by atoms with Gasteiger partial charge in [-0.1, -0.05) is 62.4 Å². The lowest BCUT2D eigenvalue weighted by molar-refractivity contribution is 0.661. The lowest BCUT2D eigenvalue weighted by Crippen LogP contribution is -2.16. The molecule has 1 aliphatic rings. The van der Waals surface area contributed by atoms with Gasteiger partial charge >= 0.3 is 0 Å². The lowest BCUT2D eigenvalue weighted by atomic mass is 9.82. The molecule has 0 saturated carbocycles. The average Bonchev–Trinajstić information content (AvgIpc) is 2.96. The summed E-state index contributed by atoms with van der Waals surface area (Å²) in [5, 5.41) is 0. The molecule has 142 valence electrons. The van der Waals surface area contributed by atoms with Crippen LogP contribution in [0.5, 0.6) is 0 Å². The fraction of sp³-hybridized carbons (Fsp3) is 0.111. The molecule has 0 saturated heterocycles. The van der Waals surface area contributed by atoms with Crippen LogP contribution in [0.2, 0.25) is 0 Å². The van der Waals surface area contributed by atoms with Gasteiger partial charge in [-0.3, -0.25) is 0 Å². The van der Waals surface area contributed by atoms with Crippen LogP contribution in [0.25, 0.3) is 11.1 Å². The highest BCUT2D eigenvalue weighted by Gasteiger charge is 2.36. The van der Waals surface area contributed by atoms with Crippen LogP contribution in [0.3, 0.4) is 0 Å². The van der Waals surface area contributed by atoms with E-state index < -0.39 is 0 Å². The Bertz CT molecular complexity index is 1140. The second-order valence-corrected chi connectivity index (χ2v) is 8.17. The summed E-state index contributed by atoms with van der Waals surface area (Å²) < 4.78 is 0. The van der Waals surface area contributed by atoms with Crippen molar-refractivity contribution in [3.05, 3.63) is 108 Å². The minimum atomic E-state index is -0.0882. The van der Waals surface area contributed by atoms with Gasteiger partial charge in [-0.2, -0.15) is 0 Å². The number of hydrogen-bond acceptors (Lipinski definition) is 2. The summed E-state index contributed by atoms with van der Waals surface area (Å²) in [4.78, 5) is 2.31. The number of rotatable bonds is 3. The van der Waals surface area contributed by atoms with Crippen LogP contribution in [0.15, 0.2) is 97.1 Å². The van der Waals surface area contributed by atoms with Crippen molar-refractivity contribution in [1.82, 2.24) is 0 Å². The minimum absolute atomic E-state index is 0.0882. The lowest BCUT2D eigenvalue weighted by Gasteiger charge is -2.28. The van der Waals surface area contributed by atoms with Crippen molar-refractivity contribution in [2.75, 3.05) is 10.6 Å². The number of nitrogen functional groups attached to an aromatic ring is 1. The summed E-state index contributed by atoms with van der Waals surface area (Å²) in [5.74, 6) is 0. The molecule has 0 atom stereocenters. The topological polar surface area (TPSA) is 29.3 Å². The first-order chi connectivity index (χ1) is 14.1. The molecule has 2 nitrogen and oxygen atoms in total. The van der Waals surface area contributed by atoms with Gasteiger partial charge in [0.2, 0.25) is 0 Å². The molecule has 0 radical (unpaired) electrons. The summed E-state index contributed by atoms with van der Waals surface area (Å²) in [5.41, 5.74) is 15.5. The highest BCUT2D eigenvalue weighted by molar-refractivity contribution is 5.86. The van der Waals surface area contributed by atoms with E-state index in [9.17, 15) is 0 Å². The minimum Gasteiger partial charge on any atom is -0.399 e. The second-order valence-electron chi connectivity index (χ2n) is 8.17. The molecule has 0 heterocycles. The molecule has 0 aromatic heterocycles. The van der Waals surface area contributed by atoms with Crippen LogP contribution in [-0.4, -0.2) is 0 Å². The van der Waals surface area contributed by atoms with Gasteiger partial charge < -0.3 is 10.6 Å². The number of anilines is 4. The first kappa shape index (κ1) is 17.6. The smallest absolute Gasteiger partial charge is 0.0465 e. The molecular weight excluding hydrogens is 352 g/mol. The number of benzene rings is 4. The number of hydrogen-bond donors (Lipinski definition) is 1. The largest absolute Gasteiger partial charge is 0.399 e. The zero-order valence-electron chi connectivity index (χ0n) is 16.8. The van der Waals surface area contributed by atoms with E-state index in [1.165, 1.54) is 22.3 Å². The van der Waals surface area contributed by atoms with Crippen LogP contribution >= 0.6 is 0 Å². The maximum absolute atomic E-state index is 6.11. The third kappa shape index (κ3) is 2.80. The third-order valence-corrected chi connectivity index (χ3v) is 5.97. The van der Waals surface area contributed by atoms with Crippen LogP contribution in [0.4, 0.5) is 22.7 Å². The number of nitrogens with zero attached hydrogens (tertiary/aromatic N) is 1. The van der Waals surface area contributed by atoms with Gasteiger partial charge in [0, 0.05) is 28.2 Å². The molecule has 4 aromatic carbocycles. The van der Waals surface area contributed by atoms with E-state index in [0.717, 1.165) is 22.7 Å². The second kappa shape index (κ2) is 6.52. The normalized spacial score (nSPS) is 13.6. The van der Waals surface area contributed by atoms with Crippen LogP contribution in [0.1, 0.15) is 25.0 Å². The Morgan fingerprint density at radius 2 is 1.10 bits per heavy atom. The van der Waals surface area contributed by atoms with Gasteiger partial charge in [0.1, 0.15) is 0 Å². The molecule has 2 heteroatoms. The first-order valence-electron chi connectivity index (χ1n) is 10.0. The fourth-order valence-corrected chi connectivity index (χ4v) is 4.48. The molecule has 5 rings (SSSR count). The van der Waals surface area contributed by atoms with Gasteiger partial charge in [0.15, 0.2) is 0 Å². The van der Waals surface area contributed by atoms with E-state index in [1.807, 2.05) is 6.07 Å². The Kier molecular flexibility index (Phi) is 3.95. The van der Waals surface area contributed by atoms with Crippen molar-refractivity contribution >= 4 is 22.7 Å². The fourth-order valence-electron chi connectivity index (χ4n) is 4.48. The Labute approximate surface area is 172 Å². The van der Waals surface area contributed by atoms with Crippen molar-refractivity contribution in [3.63, 3.8) is 0 Å². The molecule has 0 aliphatic heterocycles. The summed E-state index contributed by atoms with van der Waals surface area (Å²) in [7, 11) is 0. The van der Waals surface area contributed by atoms with Crippen LogP contribution in [-0.2, 0) is 5.41 Å². The SMILES string of the molecule is CC1(C)c2cc(N)ccc2-c2ccc(N(c3ccccc3)c3ccccc3)cc21. The highest BCUT2D eigenvalue weighted by Crippen LogP contribution is 2.51. The monoisotopic (exact) mass is 376 g/mol. The Hall–Kier alpha value is -3.52. The van der Waals surface area contributed by atoms with Crippen LogP contribution in [0, 0.1) is 0 Å². The quantitative estimate of drug-likeness (QED) is 0.388. The van der Waals surface area contributed by atoms with E-state index in [1.54, 1.807) is 0 Å². The van der Waals surface area contributed by atoms with E-state index in [0.29, 0.717) is 0 Å². The van der Waals surface area contributed by atoms with E-state index in [-0.39, 0.29) is 5.41 Å². The van der Waals surface area contributed by atoms with E-state index >= 15 is 0 Å². The van der Waals surface area contributed by atoms with Crippen molar-refractivity contribution in [2.24, 2.45) is 0 Å². The Morgan fingerprint density at radius 3 is 1.69 bits per heavy atom. The molecule has 0 fully saturated rings. The van der Waals surface area contributed by atoms with Gasteiger partial charge in [0.25, 0.3) is 0 Å². The molecule has 2 N–H and O–H groups in total. The molecule has 0 amide bonds.